The van der Waals surface area contributed by atoms with Gasteiger partial charge in [-0.05, 0) is 81.3 Å². The van der Waals surface area contributed by atoms with Gasteiger partial charge in [-0.1, -0.05) is 12.1 Å². The Morgan fingerprint density at radius 3 is 2.23 bits per heavy atom. The fourth-order valence-corrected chi connectivity index (χ4v) is 8.01. The molecule has 8 nitrogen and oxygen atoms in total. The Hall–Kier alpha value is -2.29. The minimum atomic E-state index is -3.05. The molecule has 5 N–H and O–H groups in total. The van der Waals surface area contributed by atoms with Gasteiger partial charge in [-0.15, -0.1) is 0 Å². The Morgan fingerprint density at radius 2 is 1.71 bits per heavy atom. The number of carbonyl (C=O) groups excluding carboxylic acids is 2. The summed E-state index contributed by atoms with van der Waals surface area (Å²) >= 11 is 0. The van der Waals surface area contributed by atoms with Crippen molar-refractivity contribution in [2.75, 3.05) is 10.0 Å². The van der Waals surface area contributed by atoms with Gasteiger partial charge < -0.3 is 16.8 Å². The van der Waals surface area contributed by atoms with E-state index in [0.717, 1.165) is 38.5 Å². The van der Waals surface area contributed by atoms with Gasteiger partial charge in [-0.25, -0.2) is 8.42 Å². The Bertz CT molecular complexity index is 981. The lowest BCUT2D eigenvalue weighted by molar-refractivity contribution is -0.148. The number of nitrogens with one attached hydrogen (secondary N) is 1. The molecule has 2 atom stereocenters. The maximum Gasteiger partial charge on any atom is 0.247 e. The van der Waals surface area contributed by atoms with Crippen molar-refractivity contribution in [3.63, 3.8) is 0 Å². The second-order valence-electron chi connectivity index (χ2n) is 10.1. The van der Waals surface area contributed by atoms with Crippen LogP contribution in [0.15, 0.2) is 24.3 Å². The molecule has 31 heavy (non-hydrogen) atoms. The highest BCUT2D eigenvalue weighted by Gasteiger charge is 2.59. The van der Waals surface area contributed by atoms with Crippen LogP contribution >= 0.6 is 0 Å². The molecule has 0 saturated heterocycles. The monoisotopic (exact) mass is 446 g/mol. The molecule has 0 spiro atoms. The minimum Gasteiger partial charge on any atom is -0.397 e. The molecule has 5 aliphatic rings. The van der Waals surface area contributed by atoms with Crippen molar-refractivity contribution in [1.82, 2.24) is 5.32 Å². The van der Waals surface area contributed by atoms with E-state index in [1.807, 2.05) is 0 Å². The lowest BCUT2D eigenvalue weighted by Crippen LogP contribution is -2.68. The first-order chi connectivity index (χ1) is 14.8. The number of carbonyl (C=O) groups is 2. The second-order valence-corrected chi connectivity index (χ2v) is 11.0. The van der Waals surface area contributed by atoms with Crippen molar-refractivity contribution in [3.8, 4) is 0 Å². The van der Waals surface area contributed by atoms with Crippen LogP contribution in [0.5, 0.6) is 0 Å². The average Bonchev–Trinajstić information content (AvgIpc) is 2.67. The molecule has 0 aromatic heterocycles. The van der Waals surface area contributed by atoms with Gasteiger partial charge >= 0.3 is 0 Å². The van der Waals surface area contributed by atoms with E-state index in [0.29, 0.717) is 30.1 Å². The molecule has 2 amide bonds. The van der Waals surface area contributed by atoms with E-state index in [4.69, 9.17) is 11.5 Å². The summed E-state index contributed by atoms with van der Waals surface area (Å²) in [7, 11) is -3.05. The summed E-state index contributed by atoms with van der Waals surface area (Å²) in [5, 5.41) is 3.24. The largest absolute Gasteiger partial charge is 0.397 e. The van der Waals surface area contributed by atoms with Crippen molar-refractivity contribution in [3.05, 3.63) is 24.3 Å². The van der Waals surface area contributed by atoms with Gasteiger partial charge in [-0.2, -0.15) is 0 Å². The first-order valence-corrected chi connectivity index (χ1v) is 12.3. The highest BCUT2D eigenvalue weighted by atomic mass is 32.2. The van der Waals surface area contributed by atoms with Gasteiger partial charge in [0.25, 0.3) is 0 Å². The van der Waals surface area contributed by atoms with Crippen LogP contribution in [0.25, 0.3) is 0 Å². The first kappa shape index (κ1) is 20.6. The van der Waals surface area contributed by atoms with Gasteiger partial charge in [0.1, 0.15) is 5.54 Å². The number of benzene rings is 1. The number of thiol groups is 1. The van der Waals surface area contributed by atoms with Crippen LogP contribution in [0.2, 0.25) is 0 Å². The van der Waals surface area contributed by atoms with Gasteiger partial charge in [-0.3, -0.25) is 13.9 Å². The van der Waals surface area contributed by atoms with E-state index >= 15 is 0 Å². The Balaban J connectivity index is 1.42. The normalized spacial score (nSPS) is 34.9. The Kier molecular flexibility index (Phi) is 4.73. The standard InChI is InChI=1S/C22H30N4O4S/c23-16-4-1-2-5-17(16)26(31(29)30)22(6-3-7-22)20(28)25-18-14-8-13-9-15(18)12-21(10-13,11-14)19(24)27/h1-2,4-5,13-15,18,31H,3,6-12,23H2,(H2,24,27)(H,25,28). The van der Waals surface area contributed by atoms with E-state index in [-0.39, 0.29) is 29.7 Å². The summed E-state index contributed by atoms with van der Waals surface area (Å²) in [5.74, 6) is 0.479. The molecule has 9 heteroatoms. The molecule has 6 rings (SSSR count). The van der Waals surface area contributed by atoms with Crippen molar-refractivity contribution < 1.29 is 18.0 Å². The van der Waals surface area contributed by atoms with Gasteiger partial charge in [0, 0.05) is 11.5 Å². The molecule has 1 aromatic rings. The number of nitrogen functional groups attached to an aromatic ring is 1. The Labute approximate surface area is 183 Å². The maximum absolute atomic E-state index is 13.6. The van der Waals surface area contributed by atoms with Crippen LogP contribution in [0.3, 0.4) is 0 Å². The number of para-hydroxylation sites is 2. The third kappa shape index (κ3) is 3.03. The highest BCUT2D eigenvalue weighted by Crippen LogP contribution is 2.60. The van der Waals surface area contributed by atoms with Gasteiger partial charge in [0.15, 0.2) is 0 Å². The summed E-state index contributed by atoms with van der Waals surface area (Å²) in [6, 6.07) is 6.72. The Morgan fingerprint density at radius 1 is 1.06 bits per heavy atom. The van der Waals surface area contributed by atoms with Crippen LogP contribution < -0.4 is 21.1 Å². The maximum atomic E-state index is 13.6. The third-order valence-electron chi connectivity index (χ3n) is 8.43. The fraction of sp³-hybridized carbons (Fsp3) is 0.636. The minimum absolute atomic E-state index is 0.0338. The summed E-state index contributed by atoms with van der Waals surface area (Å²) in [6.07, 6.45) is 6.01. The van der Waals surface area contributed by atoms with Crippen LogP contribution in [0.4, 0.5) is 11.4 Å². The summed E-state index contributed by atoms with van der Waals surface area (Å²) in [5.41, 5.74) is 11.0. The molecule has 1 aromatic carbocycles. The molecular formula is C22H30N4O4S. The smallest absolute Gasteiger partial charge is 0.247 e. The zero-order chi connectivity index (χ0) is 22.0. The lowest BCUT2D eigenvalue weighted by Gasteiger charge is -2.59. The molecular weight excluding hydrogens is 416 g/mol. The van der Waals surface area contributed by atoms with E-state index in [1.165, 1.54) is 4.31 Å². The van der Waals surface area contributed by atoms with Crippen molar-refractivity contribution in [2.24, 2.45) is 28.9 Å². The molecule has 5 fully saturated rings. The van der Waals surface area contributed by atoms with E-state index < -0.39 is 21.8 Å². The first-order valence-electron chi connectivity index (χ1n) is 11.2. The van der Waals surface area contributed by atoms with Crippen molar-refractivity contribution in [2.45, 2.75) is 62.9 Å². The van der Waals surface area contributed by atoms with Crippen LogP contribution in [0, 0.1) is 23.2 Å². The molecule has 5 aliphatic carbocycles. The molecule has 4 bridgehead atoms. The molecule has 2 unspecified atom stereocenters. The van der Waals surface area contributed by atoms with Crippen molar-refractivity contribution >= 4 is 34.1 Å². The predicted octanol–water partition coefficient (Wildman–Crippen LogP) is 1.32. The topological polar surface area (TPSA) is 136 Å². The lowest BCUT2D eigenvalue weighted by atomic mass is 9.47. The van der Waals surface area contributed by atoms with Crippen LogP contribution in [0.1, 0.15) is 51.4 Å². The molecule has 0 aliphatic heterocycles. The predicted molar refractivity (Wildman–Crippen MR) is 117 cm³/mol. The quantitative estimate of drug-likeness (QED) is 0.386. The zero-order valence-electron chi connectivity index (χ0n) is 17.5. The van der Waals surface area contributed by atoms with E-state index in [1.54, 1.807) is 24.3 Å². The number of amides is 2. The zero-order valence-corrected chi connectivity index (χ0v) is 18.4. The number of hydrogen-bond acceptors (Lipinski definition) is 5. The van der Waals surface area contributed by atoms with Gasteiger partial charge in [0.2, 0.25) is 22.7 Å². The number of primary amides is 1. The number of nitrogens with zero attached hydrogens (tertiary/aromatic N) is 1. The molecule has 168 valence electrons. The number of nitrogens with two attached hydrogens (primary N) is 2. The van der Waals surface area contributed by atoms with E-state index in [2.05, 4.69) is 5.32 Å². The third-order valence-corrected chi connectivity index (χ3v) is 9.36. The van der Waals surface area contributed by atoms with Crippen LogP contribution in [-0.4, -0.2) is 31.8 Å². The summed E-state index contributed by atoms with van der Waals surface area (Å²) < 4.78 is 25.9. The number of anilines is 2. The molecule has 5 saturated carbocycles. The second kappa shape index (κ2) is 7.12. The van der Waals surface area contributed by atoms with Gasteiger partial charge in [0.05, 0.1) is 11.4 Å². The average molecular weight is 447 g/mol. The van der Waals surface area contributed by atoms with E-state index in [9.17, 15) is 18.0 Å². The summed E-state index contributed by atoms with van der Waals surface area (Å²) in [6.45, 7) is 0. The number of hydrogen-bond donors (Lipinski definition) is 4. The van der Waals surface area contributed by atoms with Crippen LogP contribution in [-0.2, 0) is 20.5 Å². The summed E-state index contributed by atoms with van der Waals surface area (Å²) in [4.78, 5) is 25.8. The molecule has 0 heterocycles. The highest BCUT2D eigenvalue weighted by molar-refractivity contribution is 7.74. The fourth-order valence-electron chi connectivity index (χ4n) is 7.05. The van der Waals surface area contributed by atoms with Crippen molar-refractivity contribution in [1.29, 1.82) is 0 Å². The molecule has 0 radical (unpaired) electrons. The SMILES string of the molecule is NC(=O)C12CC3CC(C1)C(NC(=O)C1(N(c4ccccc4N)[SH](=O)=O)CCC1)C(C3)C2. The number of rotatable bonds is 6.